The van der Waals surface area contributed by atoms with Gasteiger partial charge in [0.25, 0.3) is 0 Å². The molecule has 1 aliphatic carbocycles. The fourth-order valence-corrected chi connectivity index (χ4v) is 2.80. The third-order valence-corrected chi connectivity index (χ3v) is 4.00. The van der Waals surface area contributed by atoms with E-state index in [1.54, 1.807) is 0 Å². The van der Waals surface area contributed by atoms with E-state index in [-0.39, 0.29) is 11.9 Å². The Morgan fingerprint density at radius 3 is 2.58 bits per heavy atom. The van der Waals surface area contributed by atoms with Gasteiger partial charge in [-0.3, -0.25) is 0 Å². The Kier molecular flexibility index (Phi) is 5.34. The SMILES string of the molecule is CNCC(OC1CCCCC1C)c1ccc(F)cc1. The molecule has 1 aliphatic rings. The van der Waals surface area contributed by atoms with E-state index in [0.717, 1.165) is 18.5 Å². The lowest BCUT2D eigenvalue weighted by atomic mass is 9.87. The smallest absolute Gasteiger partial charge is 0.123 e. The molecule has 0 amide bonds. The molecule has 0 saturated heterocycles. The molecule has 0 radical (unpaired) electrons. The number of nitrogens with one attached hydrogen (secondary N) is 1. The first-order valence-electron chi connectivity index (χ1n) is 7.26. The monoisotopic (exact) mass is 265 g/mol. The first-order chi connectivity index (χ1) is 9.20. The second-order valence-electron chi connectivity index (χ2n) is 5.53. The van der Waals surface area contributed by atoms with Crippen LogP contribution in [0.5, 0.6) is 0 Å². The first-order valence-corrected chi connectivity index (χ1v) is 7.26. The van der Waals surface area contributed by atoms with Crippen LogP contribution in [0.4, 0.5) is 4.39 Å². The molecule has 106 valence electrons. The van der Waals surface area contributed by atoms with Gasteiger partial charge in [-0.2, -0.15) is 0 Å². The Balaban J connectivity index is 2.04. The maximum absolute atomic E-state index is 13.0. The Labute approximate surface area is 115 Å². The number of halogens is 1. The second kappa shape index (κ2) is 7.01. The third-order valence-electron chi connectivity index (χ3n) is 4.00. The lowest BCUT2D eigenvalue weighted by Gasteiger charge is -2.32. The summed E-state index contributed by atoms with van der Waals surface area (Å²) in [6.07, 6.45) is 5.30. The fraction of sp³-hybridized carbons (Fsp3) is 0.625. The van der Waals surface area contributed by atoms with Crippen molar-refractivity contribution in [1.29, 1.82) is 0 Å². The number of hydrogen-bond donors (Lipinski definition) is 1. The van der Waals surface area contributed by atoms with Crippen LogP contribution in [-0.2, 0) is 4.74 Å². The quantitative estimate of drug-likeness (QED) is 0.877. The molecule has 3 atom stereocenters. The highest BCUT2D eigenvalue weighted by molar-refractivity contribution is 5.19. The molecule has 1 aromatic carbocycles. The Bertz CT molecular complexity index is 379. The van der Waals surface area contributed by atoms with Crippen molar-refractivity contribution in [1.82, 2.24) is 5.32 Å². The maximum atomic E-state index is 13.0. The number of ether oxygens (including phenoxy) is 1. The summed E-state index contributed by atoms with van der Waals surface area (Å²) in [7, 11) is 1.92. The molecule has 0 aliphatic heterocycles. The summed E-state index contributed by atoms with van der Waals surface area (Å²) >= 11 is 0. The highest BCUT2D eigenvalue weighted by Gasteiger charge is 2.25. The fourth-order valence-electron chi connectivity index (χ4n) is 2.80. The summed E-state index contributed by atoms with van der Waals surface area (Å²) in [4.78, 5) is 0. The van der Waals surface area contributed by atoms with Gasteiger partial charge in [0.2, 0.25) is 0 Å². The van der Waals surface area contributed by atoms with Crippen molar-refractivity contribution in [3.63, 3.8) is 0 Å². The van der Waals surface area contributed by atoms with Crippen molar-refractivity contribution in [3.8, 4) is 0 Å². The molecule has 1 N–H and O–H groups in total. The van der Waals surface area contributed by atoms with E-state index in [1.165, 1.54) is 31.4 Å². The van der Waals surface area contributed by atoms with Crippen LogP contribution < -0.4 is 5.32 Å². The van der Waals surface area contributed by atoms with Crippen LogP contribution in [0.2, 0.25) is 0 Å². The standard InChI is InChI=1S/C16H24FNO/c1-12-5-3-4-6-15(12)19-16(11-18-2)13-7-9-14(17)10-8-13/h7-10,12,15-16,18H,3-6,11H2,1-2H3. The molecule has 0 heterocycles. The van der Waals surface area contributed by atoms with Gasteiger partial charge in [-0.15, -0.1) is 0 Å². The van der Waals surface area contributed by atoms with E-state index >= 15 is 0 Å². The van der Waals surface area contributed by atoms with Crippen LogP contribution in [0.3, 0.4) is 0 Å². The predicted octanol–water partition coefficient (Wildman–Crippen LogP) is 3.68. The van der Waals surface area contributed by atoms with Crippen LogP contribution in [0.15, 0.2) is 24.3 Å². The molecule has 0 aromatic heterocycles. The van der Waals surface area contributed by atoms with E-state index in [4.69, 9.17) is 4.74 Å². The molecule has 1 saturated carbocycles. The zero-order chi connectivity index (χ0) is 13.7. The Hall–Kier alpha value is -0.930. The average molecular weight is 265 g/mol. The van der Waals surface area contributed by atoms with Gasteiger partial charge in [-0.05, 0) is 43.5 Å². The molecule has 3 heteroatoms. The van der Waals surface area contributed by atoms with E-state index in [1.807, 2.05) is 19.2 Å². The van der Waals surface area contributed by atoms with Crippen LogP contribution >= 0.6 is 0 Å². The molecule has 19 heavy (non-hydrogen) atoms. The summed E-state index contributed by atoms with van der Waals surface area (Å²) in [6.45, 7) is 3.03. The van der Waals surface area contributed by atoms with Crippen molar-refractivity contribution in [2.45, 2.75) is 44.8 Å². The van der Waals surface area contributed by atoms with Crippen LogP contribution in [0.1, 0.15) is 44.3 Å². The lowest BCUT2D eigenvalue weighted by Crippen LogP contribution is -2.30. The van der Waals surface area contributed by atoms with E-state index in [9.17, 15) is 4.39 Å². The van der Waals surface area contributed by atoms with Crippen molar-refractivity contribution >= 4 is 0 Å². The normalized spacial score (nSPS) is 25.2. The van der Waals surface area contributed by atoms with Crippen molar-refractivity contribution in [2.75, 3.05) is 13.6 Å². The summed E-state index contributed by atoms with van der Waals surface area (Å²) < 4.78 is 19.3. The summed E-state index contributed by atoms with van der Waals surface area (Å²) in [6, 6.07) is 6.66. The highest BCUT2D eigenvalue weighted by Crippen LogP contribution is 2.30. The molecule has 2 nitrogen and oxygen atoms in total. The Morgan fingerprint density at radius 1 is 1.26 bits per heavy atom. The summed E-state index contributed by atoms with van der Waals surface area (Å²) in [5.74, 6) is 0.423. The molecule has 1 aromatic rings. The molecule has 1 fully saturated rings. The molecule has 0 bridgehead atoms. The lowest BCUT2D eigenvalue weighted by molar-refractivity contribution is -0.0558. The second-order valence-corrected chi connectivity index (χ2v) is 5.53. The topological polar surface area (TPSA) is 21.3 Å². The van der Waals surface area contributed by atoms with Gasteiger partial charge in [0.1, 0.15) is 5.82 Å². The van der Waals surface area contributed by atoms with Gasteiger partial charge < -0.3 is 10.1 Å². The van der Waals surface area contributed by atoms with Crippen LogP contribution in [-0.4, -0.2) is 19.7 Å². The number of hydrogen-bond acceptors (Lipinski definition) is 2. The number of rotatable bonds is 5. The largest absolute Gasteiger partial charge is 0.369 e. The van der Waals surface area contributed by atoms with E-state index in [0.29, 0.717) is 12.0 Å². The number of benzene rings is 1. The van der Waals surface area contributed by atoms with Gasteiger partial charge in [-0.25, -0.2) is 4.39 Å². The molecular formula is C16H24FNO. The summed E-state index contributed by atoms with van der Waals surface area (Å²) in [5.41, 5.74) is 1.05. The molecule has 3 unspecified atom stereocenters. The molecule has 2 rings (SSSR count). The molecular weight excluding hydrogens is 241 g/mol. The van der Waals surface area contributed by atoms with Crippen LogP contribution in [0.25, 0.3) is 0 Å². The van der Waals surface area contributed by atoms with Crippen molar-refractivity contribution in [3.05, 3.63) is 35.6 Å². The zero-order valence-electron chi connectivity index (χ0n) is 11.9. The maximum Gasteiger partial charge on any atom is 0.123 e. The number of likely N-dealkylation sites (N-methyl/N-ethyl adjacent to an activating group) is 1. The molecule has 0 spiro atoms. The highest BCUT2D eigenvalue weighted by atomic mass is 19.1. The van der Waals surface area contributed by atoms with Gasteiger partial charge in [0.05, 0.1) is 12.2 Å². The van der Waals surface area contributed by atoms with Crippen molar-refractivity contribution in [2.24, 2.45) is 5.92 Å². The summed E-state index contributed by atoms with van der Waals surface area (Å²) in [5, 5.41) is 3.17. The first kappa shape index (κ1) is 14.5. The minimum Gasteiger partial charge on any atom is -0.369 e. The predicted molar refractivity (Wildman–Crippen MR) is 75.6 cm³/mol. The van der Waals surface area contributed by atoms with E-state index in [2.05, 4.69) is 12.2 Å². The van der Waals surface area contributed by atoms with Crippen LogP contribution in [0, 0.1) is 11.7 Å². The zero-order valence-corrected chi connectivity index (χ0v) is 11.9. The Morgan fingerprint density at radius 2 is 1.95 bits per heavy atom. The van der Waals surface area contributed by atoms with Gasteiger partial charge in [-0.1, -0.05) is 31.9 Å². The van der Waals surface area contributed by atoms with Crippen molar-refractivity contribution < 1.29 is 9.13 Å². The van der Waals surface area contributed by atoms with Gasteiger partial charge in [0, 0.05) is 6.54 Å². The van der Waals surface area contributed by atoms with E-state index < -0.39 is 0 Å². The van der Waals surface area contributed by atoms with Gasteiger partial charge in [0.15, 0.2) is 0 Å². The minimum absolute atomic E-state index is 0.0103. The average Bonchev–Trinajstić information content (AvgIpc) is 2.42. The third kappa shape index (κ3) is 4.02. The minimum atomic E-state index is -0.196. The van der Waals surface area contributed by atoms with Gasteiger partial charge >= 0.3 is 0 Å².